The highest BCUT2D eigenvalue weighted by Gasteiger charge is 2.30. The Bertz CT molecular complexity index is 726. The van der Waals surface area contributed by atoms with Crippen LogP contribution in [0.5, 0.6) is 0 Å². The van der Waals surface area contributed by atoms with E-state index in [1.807, 2.05) is 11.8 Å². The van der Waals surface area contributed by atoms with Crippen LogP contribution in [0.3, 0.4) is 0 Å². The molecule has 0 spiro atoms. The fourth-order valence-electron chi connectivity index (χ4n) is 3.96. The number of rotatable bonds is 6. The SMILES string of the molecule is CN=C(NCCNC(=O)c1cccnc1)N1CCN(C(C)C(=O)N2CCCC2)CC1. The molecule has 3 heterocycles. The number of carbonyl (C=O) groups excluding carboxylic acids is 2. The monoisotopic (exact) mass is 415 g/mol. The first-order chi connectivity index (χ1) is 14.6. The Morgan fingerprint density at radius 3 is 2.40 bits per heavy atom. The van der Waals surface area contributed by atoms with Crippen molar-refractivity contribution in [1.82, 2.24) is 30.3 Å². The highest BCUT2D eigenvalue weighted by Crippen LogP contribution is 2.14. The number of nitrogens with zero attached hydrogens (tertiary/aromatic N) is 5. The lowest BCUT2D eigenvalue weighted by Gasteiger charge is -2.39. The maximum atomic E-state index is 12.6. The van der Waals surface area contributed by atoms with Crippen LogP contribution in [0.15, 0.2) is 29.5 Å². The van der Waals surface area contributed by atoms with Crippen molar-refractivity contribution >= 4 is 17.8 Å². The third kappa shape index (κ3) is 5.69. The van der Waals surface area contributed by atoms with E-state index in [9.17, 15) is 9.59 Å². The molecule has 0 aliphatic carbocycles. The van der Waals surface area contributed by atoms with Crippen molar-refractivity contribution in [2.24, 2.45) is 4.99 Å². The van der Waals surface area contributed by atoms with Gasteiger partial charge in [-0.05, 0) is 31.9 Å². The standard InChI is InChI=1S/C21H33N7O2/c1-17(20(30)27-10-3-4-11-27)26-12-14-28(15-13-26)21(22-2)25-9-8-24-19(29)18-6-5-7-23-16-18/h5-7,16-17H,3-4,8-15H2,1-2H3,(H,22,25)(H,24,29). The van der Waals surface area contributed by atoms with E-state index in [1.54, 1.807) is 31.6 Å². The Labute approximate surface area is 178 Å². The number of hydrogen-bond acceptors (Lipinski definition) is 5. The van der Waals surface area contributed by atoms with Crippen molar-refractivity contribution in [3.8, 4) is 0 Å². The summed E-state index contributed by atoms with van der Waals surface area (Å²) in [7, 11) is 1.77. The van der Waals surface area contributed by atoms with Crippen LogP contribution in [0.1, 0.15) is 30.1 Å². The van der Waals surface area contributed by atoms with Gasteiger partial charge in [-0.25, -0.2) is 0 Å². The number of likely N-dealkylation sites (tertiary alicyclic amines) is 1. The third-order valence-electron chi connectivity index (χ3n) is 5.77. The van der Waals surface area contributed by atoms with Gasteiger partial charge in [-0.15, -0.1) is 0 Å². The van der Waals surface area contributed by atoms with E-state index >= 15 is 0 Å². The molecule has 0 saturated carbocycles. The van der Waals surface area contributed by atoms with Crippen LogP contribution in [0.2, 0.25) is 0 Å². The summed E-state index contributed by atoms with van der Waals surface area (Å²) in [6.07, 6.45) is 5.44. The average molecular weight is 416 g/mol. The minimum atomic E-state index is -0.134. The van der Waals surface area contributed by atoms with Crippen molar-refractivity contribution in [2.75, 3.05) is 59.4 Å². The summed E-state index contributed by atoms with van der Waals surface area (Å²) < 4.78 is 0. The Kier molecular flexibility index (Phi) is 8.01. The molecule has 3 rings (SSSR count). The van der Waals surface area contributed by atoms with Crippen molar-refractivity contribution < 1.29 is 9.59 Å². The summed E-state index contributed by atoms with van der Waals surface area (Å²) in [5.74, 6) is 0.946. The van der Waals surface area contributed by atoms with Gasteiger partial charge in [0, 0.05) is 71.8 Å². The fraction of sp³-hybridized carbons (Fsp3) is 0.619. The molecule has 2 aliphatic rings. The Balaban J connectivity index is 1.38. The summed E-state index contributed by atoms with van der Waals surface area (Å²) >= 11 is 0. The molecule has 1 unspecified atom stereocenters. The molecule has 2 saturated heterocycles. The maximum Gasteiger partial charge on any atom is 0.252 e. The first-order valence-electron chi connectivity index (χ1n) is 10.8. The molecule has 1 aromatic rings. The zero-order chi connectivity index (χ0) is 21.3. The lowest BCUT2D eigenvalue weighted by Crippen LogP contribution is -2.57. The smallest absolute Gasteiger partial charge is 0.252 e. The van der Waals surface area contributed by atoms with Crippen LogP contribution in [-0.2, 0) is 4.79 Å². The molecule has 1 aromatic heterocycles. The van der Waals surface area contributed by atoms with Crippen LogP contribution >= 0.6 is 0 Å². The van der Waals surface area contributed by atoms with Crippen LogP contribution in [0.4, 0.5) is 0 Å². The van der Waals surface area contributed by atoms with Gasteiger partial charge >= 0.3 is 0 Å². The summed E-state index contributed by atoms with van der Waals surface area (Å²) in [4.78, 5) is 39.5. The topological polar surface area (TPSA) is 93.2 Å². The van der Waals surface area contributed by atoms with E-state index in [0.717, 1.165) is 58.1 Å². The van der Waals surface area contributed by atoms with Gasteiger partial charge < -0.3 is 20.4 Å². The molecule has 1 atom stereocenters. The summed E-state index contributed by atoms with van der Waals surface area (Å²) in [5, 5.41) is 6.19. The number of aromatic nitrogens is 1. The van der Waals surface area contributed by atoms with Gasteiger partial charge in [-0.3, -0.25) is 24.5 Å². The second-order valence-electron chi connectivity index (χ2n) is 7.70. The molecule has 2 N–H and O–H groups in total. The van der Waals surface area contributed by atoms with E-state index in [0.29, 0.717) is 18.7 Å². The van der Waals surface area contributed by atoms with Gasteiger partial charge in [0.05, 0.1) is 11.6 Å². The first kappa shape index (κ1) is 22.0. The summed E-state index contributed by atoms with van der Waals surface area (Å²) in [5.41, 5.74) is 0.551. The van der Waals surface area contributed by atoms with Crippen LogP contribution in [0.25, 0.3) is 0 Å². The zero-order valence-corrected chi connectivity index (χ0v) is 18.0. The average Bonchev–Trinajstić information content (AvgIpc) is 3.34. The highest BCUT2D eigenvalue weighted by molar-refractivity contribution is 5.93. The van der Waals surface area contributed by atoms with Crippen LogP contribution < -0.4 is 10.6 Å². The number of hydrogen-bond donors (Lipinski definition) is 2. The predicted molar refractivity (Wildman–Crippen MR) is 116 cm³/mol. The number of nitrogens with one attached hydrogen (secondary N) is 2. The lowest BCUT2D eigenvalue weighted by molar-refractivity contribution is -0.135. The molecule has 2 fully saturated rings. The van der Waals surface area contributed by atoms with Crippen molar-refractivity contribution in [1.29, 1.82) is 0 Å². The number of aliphatic imine (C=N–C) groups is 1. The van der Waals surface area contributed by atoms with Crippen molar-refractivity contribution in [3.05, 3.63) is 30.1 Å². The zero-order valence-electron chi connectivity index (χ0n) is 18.0. The molecule has 2 aliphatic heterocycles. The van der Waals surface area contributed by atoms with Gasteiger partial charge in [0.2, 0.25) is 5.91 Å². The normalized spacial score (nSPS) is 18.9. The van der Waals surface area contributed by atoms with E-state index < -0.39 is 0 Å². The van der Waals surface area contributed by atoms with E-state index in [1.165, 1.54) is 0 Å². The molecule has 0 radical (unpaired) electrons. The first-order valence-corrected chi connectivity index (χ1v) is 10.8. The molecule has 9 heteroatoms. The Hall–Kier alpha value is -2.68. The molecular weight excluding hydrogens is 382 g/mol. The molecule has 0 bridgehead atoms. The number of piperazine rings is 1. The van der Waals surface area contributed by atoms with E-state index in [2.05, 4.69) is 30.4 Å². The van der Waals surface area contributed by atoms with E-state index in [-0.39, 0.29) is 17.9 Å². The highest BCUT2D eigenvalue weighted by atomic mass is 16.2. The molecular formula is C21H33N7O2. The van der Waals surface area contributed by atoms with Crippen molar-refractivity contribution in [3.63, 3.8) is 0 Å². The third-order valence-corrected chi connectivity index (χ3v) is 5.77. The number of guanidine groups is 1. The molecule has 0 aromatic carbocycles. The number of amides is 2. The van der Waals surface area contributed by atoms with Gasteiger partial charge in [0.25, 0.3) is 5.91 Å². The minimum Gasteiger partial charge on any atom is -0.354 e. The molecule has 9 nitrogen and oxygen atoms in total. The molecule has 2 amide bonds. The minimum absolute atomic E-state index is 0.0667. The summed E-state index contributed by atoms with van der Waals surface area (Å²) in [6, 6.07) is 3.42. The molecule has 30 heavy (non-hydrogen) atoms. The van der Waals surface area contributed by atoms with Gasteiger partial charge in [0.1, 0.15) is 0 Å². The lowest BCUT2D eigenvalue weighted by atomic mass is 10.2. The van der Waals surface area contributed by atoms with Gasteiger partial charge in [0.15, 0.2) is 5.96 Å². The fourth-order valence-corrected chi connectivity index (χ4v) is 3.96. The molecule has 164 valence electrons. The van der Waals surface area contributed by atoms with Gasteiger partial charge in [-0.2, -0.15) is 0 Å². The number of carbonyl (C=O) groups is 2. The van der Waals surface area contributed by atoms with E-state index in [4.69, 9.17) is 0 Å². The Morgan fingerprint density at radius 1 is 1.07 bits per heavy atom. The quantitative estimate of drug-likeness (QED) is 0.386. The summed E-state index contributed by atoms with van der Waals surface area (Å²) in [6.45, 7) is 8.20. The second-order valence-corrected chi connectivity index (χ2v) is 7.70. The predicted octanol–water partition coefficient (Wildman–Crippen LogP) is 0.0153. The van der Waals surface area contributed by atoms with Crippen LogP contribution in [0, 0.1) is 0 Å². The Morgan fingerprint density at radius 2 is 1.77 bits per heavy atom. The maximum absolute atomic E-state index is 12.6. The van der Waals surface area contributed by atoms with Crippen molar-refractivity contribution in [2.45, 2.75) is 25.8 Å². The number of pyridine rings is 1. The largest absolute Gasteiger partial charge is 0.354 e. The van der Waals surface area contributed by atoms with Gasteiger partial charge in [-0.1, -0.05) is 0 Å². The van der Waals surface area contributed by atoms with Crippen LogP contribution in [-0.4, -0.2) is 103 Å². The second kappa shape index (κ2) is 10.9.